The topological polar surface area (TPSA) is 62.3 Å². The van der Waals surface area contributed by atoms with Crippen molar-refractivity contribution < 1.29 is 9.59 Å². The third kappa shape index (κ3) is 3.42. The summed E-state index contributed by atoms with van der Waals surface area (Å²) in [5.74, 6) is 1.09. The molecule has 0 unspecified atom stereocenters. The Hall–Kier alpha value is -1.43. The van der Waals surface area contributed by atoms with E-state index in [1.54, 1.807) is 17.5 Å². The van der Waals surface area contributed by atoms with Crippen molar-refractivity contribution in [3.8, 4) is 0 Å². The smallest absolute Gasteiger partial charge is 0.225 e. The largest absolute Gasteiger partial charge is 0.346 e. The second kappa shape index (κ2) is 6.23. The van der Waals surface area contributed by atoms with Gasteiger partial charge in [-0.25, -0.2) is 4.98 Å². The highest BCUT2D eigenvalue weighted by molar-refractivity contribution is 7.09. The van der Waals surface area contributed by atoms with Crippen molar-refractivity contribution in [2.45, 2.75) is 44.6 Å². The SMILES string of the molecule is O=C(N[C@@H](c1nccs1)C1CC1)[C@@H]1CCCN(C(=O)C2CC2)C1. The van der Waals surface area contributed by atoms with E-state index < -0.39 is 0 Å². The molecule has 5 nitrogen and oxygen atoms in total. The van der Waals surface area contributed by atoms with E-state index in [9.17, 15) is 9.59 Å². The molecule has 0 bridgehead atoms. The fourth-order valence-corrected chi connectivity index (χ4v) is 4.23. The fraction of sp³-hybridized carbons (Fsp3) is 0.706. The molecule has 2 aliphatic carbocycles. The fourth-order valence-electron chi connectivity index (χ4n) is 3.45. The highest BCUT2D eigenvalue weighted by Gasteiger charge is 2.39. The number of carbonyl (C=O) groups is 2. The maximum atomic E-state index is 12.7. The van der Waals surface area contributed by atoms with Crippen LogP contribution in [0.5, 0.6) is 0 Å². The number of nitrogens with zero attached hydrogens (tertiary/aromatic N) is 2. The normalized spacial score (nSPS) is 25.9. The summed E-state index contributed by atoms with van der Waals surface area (Å²) in [7, 11) is 0. The predicted molar refractivity (Wildman–Crippen MR) is 87.7 cm³/mol. The summed E-state index contributed by atoms with van der Waals surface area (Å²) in [5, 5.41) is 6.21. The number of aromatic nitrogens is 1. The van der Waals surface area contributed by atoms with Crippen molar-refractivity contribution in [3.63, 3.8) is 0 Å². The first-order valence-corrected chi connectivity index (χ1v) is 9.59. The van der Waals surface area contributed by atoms with Crippen molar-refractivity contribution in [1.29, 1.82) is 0 Å². The van der Waals surface area contributed by atoms with Crippen LogP contribution in [0.1, 0.15) is 49.6 Å². The van der Waals surface area contributed by atoms with Crippen LogP contribution in [0, 0.1) is 17.8 Å². The van der Waals surface area contributed by atoms with Gasteiger partial charge in [-0.2, -0.15) is 0 Å². The molecule has 124 valence electrons. The maximum Gasteiger partial charge on any atom is 0.225 e. The molecule has 23 heavy (non-hydrogen) atoms. The molecule has 2 heterocycles. The predicted octanol–water partition coefficient (Wildman–Crippen LogP) is 2.36. The van der Waals surface area contributed by atoms with Gasteiger partial charge < -0.3 is 10.2 Å². The molecule has 4 rings (SSSR count). The summed E-state index contributed by atoms with van der Waals surface area (Å²) in [5.41, 5.74) is 0. The van der Waals surface area contributed by atoms with Crippen LogP contribution in [0.2, 0.25) is 0 Å². The van der Waals surface area contributed by atoms with E-state index in [0.717, 1.165) is 37.2 Å². The number of thiazole rings is 1. The molecule has 2 saturated carbocycles. The minimum absolute atomic E-state index is 0.0623. The Labute approximate surface area is 140 Å². The van der Waals surface area contributed by atoms with E-state index in [-0.39, 0.29) is 29.7 Å². The number of likely N-dealkylation sites (tertiary alicyclic amines) is 1. The van der Waals surface area contributed by atoms with Crippen LogP contribution < -0.4 is 5.32 Å². The van der Waals surface area contributed by atoms with Crippen molar-refractivity contribution in [3.05, 3.63) is 16.6 Å². The van der Waals surface area contributed by atoms with Crippen molar-refractivity contribution in [1.82, 2.24) is 15.2 Å². The van der Waals surface area contributed by atoms with E-state index in [4.69, 9.17) is 0 Å². The summed E-state index contributed by atoms with van der Waals surface area (Å²) in [4.78, 5) is 31.3. The number of carbonyl (C=O) groups excluding carboxylic acids is 2. The van der Waals surface area contributed by atoms with Crippen LogP contribution in [0.4, 0.5) is 0 Å². The van der Waals surface area contributed by atoms with Gasteiger partial charge in [-0.15, -0.1) is 11.3 Å². The molecule has 1 aliphatic heterocycles. The van der Waals surface area contributed by atoms with E-state index in [1.165, 1.54) is 12.8 Å². The van der Waals surface area contributed by atoms with Gasteiger partial charge in [0.15, 0.2) is 0 Å². The van der Waals surface area contributed by atoms with Gasteiger partial charge in [-0.1, -0.05) is 0 Å². The Morgan fingerprint density at radius 3 is 2.70 bits per heavy atom. The molecule has 0 radical (unpaired) electrons. The van der Waals surface area contributed by atoms with Crippen LogP contribution in [-0.4, -0.2) is 34.8 Å². The molecule has 1 saturated heterocycles. The maximum absolute atomic E-state index is 12.7. The number of rotatable bonds is 5. The van der Waals surface area contributed by atoms with Gasteiger partial charge in [-0.05, 0) is 44.4 Å². The zero-order chi connectivity index (χ0) is 15.8. The van der Waals surface area contributed by atoms with Crippen molar-refractivity contribution >= 4 is 23.2 Å². The molecule has 6 heteroatoms. The second-order valence-corrected chi connectivity index (χ2v) is 8.02. The Kier molecular flexibility index (Phi) is 4.09. The molecule has 1 N–H and O–H groups in total. The number of nitrogens with one attached hydrogen (secondary N) is 1. The highest BCUT2D eigenvalue weighted by Crippen LogP contribution is 2.42. The minimum atomic E-state index is -0.0623. The van der Waals surface area contributed by atoms with Crippen LogP contribution in [-0.2, 0) is 9.59 Å². The average molecular weight is 333 g/mol. The summed E-state index contributed by atoms with van der Waals surface area (Å²) < 4.78 is 0. The van der Waals surface area contributed by atoms with Gasteiger partial charge >= 0.3 is 0 Å². The van der Waals surface area contributed by atoms with Gasteiger partial charge in [0.2, 0.25) is 11.8 Å². The summed E-state index contributed by atoms with van der Waals surface area (Å²) >= 11 is 1.62. The molecule has 1 aromatic heterocycles. The summed E-state index contributed by atoms with van der Waals surface area (Å²) in [6.45, 7) is 1.41. The number of amides is 2. The lowest BCUT2D eigenvalue weighted by molar-refractivity contribution is -0.137. The first-order valence-electron chi connectivity index (χ1n) is 8.71. The number of hydrogen-bond donors (Lipinski definition) is 1. The van der Waals surface area contributed by atoms with E-state index in [0.29, 0.717) is 12.5 Å². The van der Waals surface area contributed by atoms with Crippen LogP contribution in [0.25, 0.3) is 0 Å². The molecule has 1 aromatic rings. The number of hydrogen-bond acceptors (Lipinski definition) is 4. The Morgan fingerprint density at radius 1 is 1.22 bits per heavy atom. The van der Waals surface area contributed by atoms with Crippen LogP contribution in [0.3, 0.4) is 0 Å². The lowest BCUT2D eigenvalue weighted by Gasteiger charge is -2.33. The Morgan fingerprint density at radius 2 is 2.04 bits per heavy atom. The number of piperidine rings is 1. The average Bonchev–Trinajstić information content (AvgIpc) is 3.50. The molecule has 2 amide bonds. The Balaban J connectivity index is 1.38. The van der Waals surface area contributed by atoms with E-state index >= 15 is 0 Å². The lowest BCUT2D eigenvalue weighted by Crippen LogP contribution is -2.46. The third-order valence-corrected chi connectivity index (χ3v) is 6.00. The minimum Gasteiger partial charge on any atom is -0.346 e. The monoisotopic (exact) mass is 333 g/mol. The van der Waals surface area contributed by atoms with Crippen LogP contribution >= 0.6 is 11.3 Å². The van der Waals surface area contributed by atoms with Gasteiger partial charge in [0.1, 0.15) is 5.01 Å². The summed E-state index contributed by atoms with van der Waals surface area (Å²) in [6.07, 6.45) is 8.01. The second-order valence-electron chi connectivity index (χ2n) is 7.09. The standard InChI is InChI=1S/C17H23N3O2S/c21-15(19-14(11-3-4-11)16-18-7-9-23-16)13-2-1-8-20(10-13)17(22)12-5-6-12/h7,9,11-14H,1-6,8,10H2,(H,19,21)/t13-,14-/m1/s1. The lowest BCUT2D eigenvalue weighted by atomic mass is 9.96. The molecule has 3 fully saturated rings. The van der Waals surface area contributed by atoms with E-state index in [2.05, 4.69) is 10.3 Å². The third-order valence-electron chi connectivity index (χ3n) is 5.14. The zero-order valence-corrected chi connectivity index (χ0v) is 14.1. The summed E-state index contributed by atoms with van der Waals surface area (Å²) in [6, 6.07) is 0.0667. The molecule has 0 aromatic carbocycles. The quantitative estimate of drug-likeness (QED) is 0.900. The molecule has 0 spiro atoms. The van der Waals surface area contributed by atoms with Gasteiger partial charge in [0, 0.05) is 30.6 Å². The zero-order valence-electron chi connectivity index (χ0n) is 13.2. The van der Waals surface area contributed by atoms with Gasteiger partial charge in [0.05, 0.1) is 12.0 Å². The van der Waals surface area contributed by atoms with Crippen molar-refractivity contribution in [2.75, 3.05) is 13.1 Å². The molecule has 3 aliphatic rings. The van der Waals surface area contributed by atoms with Gasteiger partial charge in [0.25, 0.3) is 0 Å². The van der Waals surface area contributed by atoms with Gasteiger partial charge in [-0.3, -0.25) is 9.59 Å². The Bertz CT molecular complexity index is 581. The first kappa shape index (κ1) is 15.1. The highest BCUT2D eigenvalue weighted by atomic mass is 32.1. The molecule has 2 atom stereocenters. The first-order chi connectivity index (χ1) is 11.2. The van der Waals surface area contributed by atoms with E-state index in [1.807, 2.05) is 10.3 Å². The van der Waals surface area contributed by atoms with Crippen molar-refractivity contribution in [2.24, 2.45) is 17.8 Å². The van der Waals surface area contributed by atoms with Crippen LogP contribution in [0.15, 0.2) is 11.6 Å². The molecular weight excluding hydrogens is 310 g/mol. The molecular formula is C17H23N3O2S.